The number of unbranched alkanes of at least 4 members (excludes halogenated alkanes) is 1. The highest BCUT2D eigenvalue weighted by atomic mass is 16.1. The first kappa shape index (κ1) is 24.4. The number of benzene rings is 1. The van der Waals surface area contributed by atoms with Crippen LogP contribution in [0, 0.1) is 5.92 Å². The van der Waals surface area contributed by atoms with Gasteiger partial charge in [0.1, 0.15) is 5.82 Å². The first-order chi connectivity index (χ1) is 18.0. The Hall–Kier alpha value is -4.34. The normalized spacial score (nSPS) is 11.5. The fraction of sp³-hybridized carbons (Fsp3) is 0.333. The van der Waals surface area contributed by atoms with Gasteiger partial charge in [0.25, 0.3) is 0 Å². The van der Waals surface area contributed by atoms with Crippen LogP contribution in [0.4, 0.5) is 0 Å². The molecule has 0 radical (unpaired) electrons. The van der Waals surface area contributed by atoms with Crippen LogP contribution < -0.4 is 5.69 Å². The Balaban J connectivity index is 1.46. The molecule has 0 spiro atoms. The van der Waals surface area contributed by atoms with Crippen molar-refractivity contribution >= 4 is 0 Å². The molecule has 0 saturated heterocycles. The lowest BCUT2D eigenvalue weighted by Crippen LogP contribution is -2.26. The molecule has 0 amide bonds. The highest BCUT2D eigenvalue weighted by Gasteiger charge is 2.17. The maximum absolute atomic E-state index is 13.6. The minimum Gasteiger partial charge on any atom is -0.292 e. The third-order valence-corrected chi connectivity index (χ3v) is 6.28. The van der Waals surface area contributed by atoms with Crippen LogP contribution in [-0.2, 0) is 19.5 Å². The summed E-state index contributed by atoms with van der Waals surface area (Å²) in [5.74, 6) is 1.74. The molecule has 37 heavy (non-hydrogen) atoms. The zero-order chi connectivity index (χ0) is 25.8. The van der Waals surface area contributed by atoms with E-state index in [1.54, 1.807) is 10.8 Å². The molecule has 0 aliphatic rings. The molecule has 0 aliphatic carbocycles. The number of hydrogen-bond acceptors (Lipinski definition) is 6. The number of rotatable bonds is 10. The average Bonchev–Trinajstić information content (AvgIpc) is 3.65. The Bertz CT molecular complexity index is 1510. The second kappa shape index (κ2) is 10.7. The molecule has 4 aromatic heterocycles. The smallest absolute Gasteiger partial charge is 0.292 e. The molecule has 0 saturated carbocycles. The molecule has 190 valence electrons. The fourth-order valence-electron chi connectivity index (χ4n) is 4.47. The largest absolute Gasteiger partial charge is 0.334 e. The molecule has 1 N–H and O–H groups in total. The number of H-pyrrole nitrogens is 1. The van der Waals surface area contributed by atoms with E-state index in [-0.39, 0.29) is 5.69 Å². The predicted molar refractivity (Wildman–Crippen MR) is 141 cm³/mol. The molecule has 0 aliphatic heterocycles. The van der Waals surface area contributed by atoms with Crippen molar-refractivity contribution in [2.24, 2.45) is 5.92 Å². The lowest BCUT2D eigenvalue weighted by atomic mass is 10.0. The van der Waals surface area contributed by atoms with Crippen molar-refractivity contribution in [3.8, 4) is 28.5 Å². The minimum atomic E-state index is -0.0665. The molecule has 10 heteroatoms. The van der Waals surface area contributed by atoms with Gasteiger partial charge in [0.05, 0.1) is 18.4 Å². The highest BCUT2D eigenvalue weighted by Crippen LogP contribution is 2.28. The van der Waals surface area contributed by atoms with Crippen molar-refractivity contribution in [1.82, 2.24) is 44.5 Å². The third-order valence-electron chi connectivity index (χ3n) is 6.28. The van der Waals surface area contributed by atoms with E-state index in [2.05, 4.69) is 46.5 Å². The van der Waals surface area contributed by atoms with Crippen LogP contribution in [0.3, 0.4) is 0 Å². The van der Waals surface area contributed by atoms with Gasteiger partial charge >= 0.3 is 5.69 Å². The van der Waals surface area contributed by atoms with Gasteiger partial charge in [-0.15, -0.1) is 10.2 Å². The van der Waals surface area contributed by atoms with Crippen LogP contribution in [0.5, 0.6) is 0 Å². The van der Waals surface area contributed by atoms with E-state index in [4.69, 9.17) is 4.98 Å². The summed E-state index contributed by atoms with van der Waals surface area (Å²) in [6.07, 6.45) is 8.45. The Morgan fingerprint density at radius 3 is 2.59 bits per heavy atom. The van der Waals surface area contributed by atoms with E-state index in [0.29, 0.717) is 18.3 Å². The van der Waals surface area contributed by atoms with Crippen molar-refractivity contribution < 1.29 is 0 Å². The number of nitrogens with one attached hydrogen (secondary N) is 1. The van der Waals surface area contributed by atoms with Crippen LogP contribution in [0.2, 0.25) is 0 Å². The summed E-state index contributed by atoms with van der Waals surface area (Å²) in [6, 6.07) is 13.7. The first-order valence-electron chi connectivity index (χ1n) is 12.7. The summed E-state index contributed by atoms with van der Waals surface area (Å²) >= 11 is 0. The summed E-state index contributed by atoms with van der Waals surface area (Å²) in [7, 11) is 0. The second-order valence-electron chi connectivity index (χ2n) is 9.56. The van der Waals surface area contributed by atoms with E-state index in [1.165, 1.54) is 0 Å². The monoisotopic (exact) mass is 497 g/mol. The molecule has 0 unspecified atom stereocenters. The lowest BCUT2D eigenvalue weighted by molar-refractivity contribution is 0.475. The molecule has 5 aromatic rings. The molecule has 4 heterocycles. The summed E-state index contributed by atoms with van der Waals surface area (Å²) in [5.41, 5.74) is 4.47. The van der Waals surface area contributed by atoms with Crippen molar-refractivity contribution in [1.29, 1.82) is 0 Å². The first-order valence-corrected chi connectivity index (χ1v) is 12.7. The van der Waals surface area contributed by atoms with Gasteiger partial charge in [0.2, 0.25) is 5.82 Å². The number of pyridine rings is 1. The number of aromatic nitrogens is 9. The van der Waals surface area contributed by atoms with E-state index in [1.807, 2.05) is 64.1 Å². The molecule has 10 nitrogen and oxygen atoms in total. The van der Waals surface area contributed by atoms with Crippen LogP contribution in [0.15, 0.2) is 65.8 Å². The standard InChI is InChI=1S/C27H31N9O/c1-4-5-8-21-18-35(25-13-14-29-36(25)16-19(2)3)27(37)34(21)17-20-11-12-24(28-15-20)22-9-6-7-10-23(22)26-30-32-33-31-26/h6-7,9-15,18-19H,4-5,8,16-17H2,1-3H3,(H,30,31,32,33). The minimum absolute atomic E-state index is 0.0665. The van der Waals surface area contributed by atoms with Gasteiger partial charge in [-0.25, -0.2) is 9.48 Å². The second-order valence-corrected chi connectivity index (χ2v) is 9.56. The molecular formula is C27H31N9O. The number of aromatic amines is 1. The van der Waals surface area contributed by atoms with Crippen molar-refractivity contribution in [3.63, 3.8) is 0 Å². The molecular weight excluding hydrogens is 466 g/mol. The highest BCUT2D eigenvalue weighted by molar-refractivity contribution is 5.78. The van der Waals surface area contributed by atoms with Gasteiger partial charge in [-0.1, -0.05) is 57.5 Å². The van der Waals surface area contributed by atoms with E-state index >= 15 is 0 Å². The molecule has 0 bridgehead atoms. The Kier molecular flexibility index (Phi) is 7.07. The zero-order valence-electron chi connectivity index (χ0n) is 21.4. The average molecular weight is 498 g/mol. The Morgan fingerprint density at radius 1 is 1.05 bits per heavy atom. The SMILES string of the molecule is CCCCc1cn(-c2ccnn2CC(C)C)c(=O)n1Cc1ccc(-c2ccccc2-c2nn[nH]n2)nc1. The summed E-state index contributed by atoms with van der Waals surface area (Å²) in [6.45, 7) is 7.64. The van der Waals surface area contributed by atoms with E-state index in [0.717, 1.165) is 59.7 Å². The molecule has 5 rings (SSSR count). The van der Waals surface area contributed by atoms with Gasteiger partial charge in [0.15, 0.2) is 0 Å². The topological polar surface area (TPSA) is 112 Å². The number of nitrogens with zero attached hydrogens (tertiary/aromatic N) is 8. The van der Waals surface area contributed by atoms with Crippen molar-refractivity contribution in [2.75, 3.05) is 0 Å². The third kappa shape index (κ3) is 5.13. The zero-order valence-corrected chi connectivity index (χ0v) is 21.4. The predicted octanol–water partition coefficient (Wildman–Crippen LogP) is 4.12. The van der Waals surface area contributed by atoms with Gasteiger partial charge in [-0.3, -0.25) is 14.1 Å². The quantitative estimate of drug-likeness (QED) is 0.311. The fourth-order valence-corrected chi connectivity index (χ4v) is 4.47. The number of aryl methyl sites for hydroxylation is 1. The summed E-state index contributed by atoms with van der Waals surface area (Å²) in [4.78, 5) is 18.3. The van der Waals surface area contributed by atoms with Gasteiger partial charge < -0.3 is 0 Å². The van der Waals surface area contributed by atoms with Crippen LogP contribution >= 0.6 is 0 Å². The number of imidazole rings is 1. The van der Waals surface area contributed by atoms with Gasteiger partial charge in [-0.2, -0.15) is 10.3 Å². The number of hydrogen-bond donors (Lipinski definition) is 1. The van der Waals surface area contributed by atoms with E-state index < -0.39 is 0 Å². The van der Waals surface area contributed by atoms with Crippen LogP contribution in [-0.4, -0.2) is 44.5 Å². The van der Waals surface area contributed by atoms with Crippen LogP contribution in [0.1, 0.15) is 44.9 Å². The van der Waals surface area contributed by atoms with Gasteiger partial charge in [0, 0.05) is 41.8 Å². The maximum Gasteiger partial charge on any atom is 0.334 e. The van der Waals surface area contributed by atoms with Gasteiger partial charge in [-0.05, 0) is 35.6 Å². The van der Waals surface area contributed by atoms with Crippen molar-refractivity contribution in [2.45, 2.75) is 53.1 Å². The van der Waals surface area contributed by atoms with E-state index in [9.17, 15) is 4.79 Å². The lowest BCUT2D eigenvalue weighted by Gasteiger charge is -2.10. The molecule has 0 fully saturated rings. The van der Waals surface area contributed by atoms with Crippen LogP contribution in [0.25, 0.3) is 28.5 Å². The Labute approximate surface area is 215 Å². The molecule has 0 atom stereocenters. The Morgan fingerprint density at radius 2 is 1.89 bits per heavy atom. The maximum atomic E-state index is 13.6. The summed E-state index contributed by atoms with van der Waals surface area (Å²) < 4.78 is 5.48. The summed E-state index contributed by atoms with van der Waals surface area (Å²) in [5, 5.41) is 18.9. The van der Waals surface area contributed by atoms with Crippen molar-refractivity contribution in [3.05, 3.63) is 82.8 Å². The molecule has 1 aromatic carbocycles. The number of tetrazole rings is 1.